The molecule has 5 heteroatoms. The highest BCUT2D eigenvalue weighted by Gasteiger charge is 2.18. The predicted molar refractivity (Wildman–Crippen MR) is 60.9 cm³/mol. The SMILES string of the molecule is CC(C)CC(NCc1ccn(C)n1)C(=O)O. The van der Waals surface area contributed by atoms with Crippen LogP contribution in [0.3, 0.4) is 0 Å². The fraction of sp³-hybridized carbons (Fsp3) is 0.636. The summed E-state index contributed by atoms with van der Waals surface area (Å²) in [5, 5.41) is 16.2. The van der Waals surface area contributed by atoms with Crippen LogP contribution >= 0.6 is 0 Å². The van der Waals surface area contributed by atoms with E-state index in [1.165, 1.54) is 0 Å². The lowest BCUT2D eigenvalue weighted by Crippen LogP contribution is -2.37. The minimum Gasteiger partial charge on any atom is -0.480 e. The number of aliphatic carboxylic acids is 1. The van der Waals surface area contributed by atoms with Gasteiger partial charge in [0.05, 0.1) is 5.69 Å². The van der Waals surface area contributed by atoms with Crippen molar-refractivity contribution in [1.29, 1.82) is 0 Å². The average Bonchev–Trinajstić information content (AvgIpc) is 2.58. The summed E-state index contributed by atoms with van der Waals surface area (Å²) in [5.41, 5.74) is 0.859. The molecule has 5 nitrogen and oxygen atoms in total. The molecular formula is C11H19N3O2. The van der Waals surface area contributed by atoms with Crippen LogP contribution in [0.2, 0.25) is 0 Å². The first-order valence-electron chi connectivity index (χ1n) is 5.43. The summed E-state index contributed by atoms with van der Waals surface area (Å²) >= 11 is 0. The van der Waals surface area contributed by atoms with E-state index in [4.69, 9.17) is 5.11 Å². The Labute approximate surface area is 95.5 Å². The van der Waals surface area contributed by atoms with Crippen molar-refractivity contribution in [2.24, 2.45) is 13.0 Å². The molecular weight excluding hydrogens is 206 g/mol. The smallest absolute Gasteiger partial charge is 0.320 e. The summed E-state index contributed by atoms with van der Waals surface area (Å²) in [6.45, 7) is 4.52. The highest BCUT2D eigenvalue weighted by molar-refractivity contribution is 5.73. The highest BCUT2D eigenvalue weighted by atomic mass is 16.4. The molecule has 1 rings (SSSR count). The molecule has 0 aliphatic carbocycles. The Hall–Kier alpha value is -1.36. The van der Waals surface area contributed by atoms with Gasteiger partial charge in [-0.05, 0) is 18.4 Å². The highest BCUT2D eigenvalue weighted by Crippen LogP contribution is 2.05. The quantitative estimate of drug-likeness (QED) is 0.758. The molecule has 0 aromatic carbocycles. The number of rotatable bonds is 6. The maximum atomic E-state index is 11.0. The largest absolute Gasteiger partial charge is 0.480 e. The standard InChI is InChI=1S/C11H19N3O2/c1-8(2)6-10(11(15)16)12-7-9-4-5-14(3)13-9/h4-5,8,10,12H,6-7H2,1-3H3,(H,15,16). The molecule has 0 bridgehead atoms. The van der Waals surface area contributed by atoms with Crippen molar-refractivity contribution < 1.29 is 9.90 Å². The number of carboxylic acid groups (broad SMARTS) is 1. The second-order valence-corrected chi connectivity index (χ2v) is 4.38. The minimum absolute atomic E-state index is 0.359. The minimum atomic E-state index is -0.801. The first-order chi connectivity index (χ1) is 7.49. The zero-order valence-electron chi connectivity index (χ0n) is 9.97. The number of hydrogen-bond donors (Lipinski definition) is 2. The van der Waals surface area contributed by atoms with Crippen molar-refractivity contribution in [3.05, 3.63) is 18.0 Å². The molecule has 0 saturated carbocycles. The molecule has 90 valence electrons. The van der Waals surface area contributed by atoms with Crippen LogP contribution in [0, 0.1) is 5.92 Å². The van der Waals surface area contributed by atoms with Gasteiger partial charge < -0.3 is 5.11 Å². The van der Waals surface area contributed by atoms with Gasteiger partial charge >= 0.3 is 5.97 Å². The van der Waals surface area contributed by atoms with Gasteiger partial charge in [-0.3, -0.25) is 14.8 Å². The van der Waals surface area contributed by atoms with Crippen LogP contribution in [0.5, 0.6) is 0 Å². The lowest BCUT2D eigenvalue weighted by Gasteiger charge is -2.15. The molecule has 1 unspecified atom stereocenters. The zero-order valence-corrected chi connectivity index (χ0v) is 9.97. The lowest BCUT2D eigenvalue weighted by molar-refractivity contribution is -0.140. The number of hydrogen-bond acceptors (Lipinski definition) is 3. The van der Waals surface area contributed by atoms with Gasteiger partial charge in [-0.15, -0.1) is 0 Å². The van der Waals surface area contributed by atoms with Gasteiger partial charge in [0.25, 0.3) is 0 Å². The number of aryl methyl sites for hydroxylation is 1. The second kappa shape index (κ2) is 5.65. The van der Waals surface area contributed by atoms with Crippen molar-refractivity contribution in [1.82, 2.24) is 15.1 Å². The molecule has 0 aliphatic heterocycles. The first kappa shape index (κ1) is 12.7. The summed E-state index contributed by atoms with van der Waals surface area (Å²) in [5.74, 6) is -0.443. The molecule has 2 N–H and O–H groups in total. The molecule has 1 heterocycles. The van der Waals surface area contributed by atoms with E-state index in [-0.39, 0.29) is 0 Å². The van der Waals surface area contributed by atoms with Gasteiger partial charge in [-0.25, -0.2) is 0 Å². The molecule has 0 radical (unpaired) electrons. The van der Waals surface area contributed by atoms with E-state index >= 15 is 0 Å². The van der Waals surface area contributed by atoms with E-state index in [1.807, 2.05) is 33.2 Å². The molecule has 0 spiro atoms. The number of carbonyl (C=O) groups is 1. The maximum absolute atomic E-state index is 11.0. The summed E-state index contributed by atoms with van der Waals surface area (Å²) in [6.07, 6.45) is 2.47. The Kier molecular flexibility index (Phi) is 4.49. The van der Waals surface area contributed by atoms with Gasteiger partial charge in [0.1, 0.15) is 6.04 Å². The molecule has 16 heavy (non-hydrogen) atoms. The van der Waals surface area contributed by atoms with E-state index in [0.29, 0.717) is 18.9 Å². The van der Waals surface area contributed by atoms with Gasteiger partial charge in [0, 0.05) is 19.8 Å². The van der Waals surface area contributed by atoms with Crippen LogP contribution in [0.1, 0.15) is 26.0 Å². The van der Waals surface area contributed by atoms with Crippen molar-refractivity contribution in [2.45, 2.75) is 32.9 Å². The maximum Gasteiger partial charge on any atom is 0.320 e. The molecule has 1 aromatic heterocycles. The van der Waals surface area contributed by atoms with Crippen LogP contribution in [0.15, 0.2) is 12.3 Å². The van der Waals surface area contributed by atoms with Crippen LogP contribution in [-0.4, -0.2) is 26.9 Å². The monoisotopic (exact) mass is 225 g/mol. The number of nitrogens with zero attached hydrogens (tertiary/aromatic N) is 2. The Morgan fingerprint density at radius 2 is 2.31 bits per heavy atom. The summed E-state index contributed by atoms with van der Waals surface area (Å²) in [4.78, 5) is 11.0. The van der Waals surface area contributed by atoms with Crippen molar-refractivity contribution in [3.63, 3.8) is 0 Å². The Balaban J connectivity index is 2.46. The lowest BCUT2D eigenvalue weighted by atomic mass is 10.0. The summed E-state index contributed by atoms with van der Waals surface area (Å²) in [6, 6.07) is 1.38. The fourth-order valence-corrected chi connectivity index (χ4v) is 1.53. The Morgan fingerprint density at radius 3 is 2.75 bits per heavy atom. The zero-order chi connectivity index (χ0) is 12.1. The molecule has 1 atom stereocenters. The topological polar surface area (TPSA) is 67.2 Å². The van der Waals surface area contributed by atoms with Crippen molar-refractivity contribution in [3.8, 4) is 0 Å². The van der Waals surface area contributed by atoms with Crippen LogP contribution in [-0.2, 0) is 18.4 Å². The van der Waals surface area contributed by atoms with Crippen molar-refractivity contribution >= 4 is 5.97 Å². The van der Waals surface area contributed by atoms with Gasteiger partial charge in [-0.2, -0.15) is 5.10 Å². The Bertz CT molecular complexity index is 347. The fourth-order valence-electron chi connectivity index (χ4n) is 1.53. The molecule has 0 aliphatic rings. The predicted octanol–water partition coefficient (Wildman–Crippen LogP) is 1.01. The van der Waals surface area contributed by atoms with Gasteiger partial charge in [-0.1, -0.05) is 13.8 Å². The van der Waals surface area contributed by atoms with E-state index in [0.717, 1.165) is 5.69 Å². The number of nitrogens with one attached hydrogen (secondary N) is 1. The summed E-state index contributed by atoms with van der Waals surface area (Å²) < 4.78 is 1.70. The molecule has 0 saturated heterocycles. The third kappa shape index (κ3) is 4.02. The second-order valence-electron chi connectivity index (χ2n) is 4.38. The third-order valence-corrected chi connectivity index (χ3v) is 2.30. The average molecular weight is 225 g/mol. The van der Waals surface area contributed by atoms with Crippen LogP contribution < -0.4 is 5.32 Å². The number of carboxylic acids is 1. The van der Waals surface area contributed by atoms with E-state index in [9.17, 15) is 4.79 Å². The third-order valence-electron chi connectivity index (χ3n) is 2.30. The number of aromatic nitrogens is 2. The van der Waals surface area contributed by atoms with E-state index in [1.54, 1.807) is 4.68 Å². The van der Waals surface area contributed by atoms with E-state index < -0.39 is 12.0 Å². The van der Waals surface area contributed by atoms with Gasteiger partial charge in [0.2, 0.25) is 0 Å². The van der Waals surface area contributed by atoms with E-state index in [2.05, 4.69) is 10.4 Å². The first-order valence-corrected chi connectivity index (χ1v) is 5.43. The van der Waals surface area contributed by atoms with Crippen LogP contribution in [0.4, 0.5) is 0 Å². The molecule has 0 fully saturated rings. The van der Waals surface area contributed by atoms with Crippen molar-refractivity contribution in [2.75, 3.05) is 0 Å². The van der Waals surface area contributed by atoms with Gasteiger partial charge in [0.15, 0.2) is 0 Å². The Morgan fingerprint density at radius 1 is 1.62 bits per heavy atom. The summed E-state index contributed by atoms with van der Waals surface area (Å²) in [7, 11) is 1.84. The normalized spacial score (nSPS) is 13.0. The van der Waals surface area contributed by atoms with Crippen LogP contribution in [0.25, 0.3) is 0 Å². The molecule has 0 amide bonds. The molecule has 1 aromatic rings.